The lowest BCUT2D eigenvalue weighted by atomic mass is 9.81. The highest BCUT2D eigenvalue weighted by atomic mass is 15.1. The van der Waals surface area contributed by atoms with Gasteiger partial charge in [-0.05, 0) is 50.6 Å². The predicted octanol–water partition coefficient (Wildman–Crippen LogP) is 3.28. The summed E-state index contributed by atoms with van der Waals surface area (Å²) in [4.78, 5) is 2.63. The van der Waals surface area contributed by atoms with Crippen molar-refractivity contribution >= 4 is 0 Å². The van der Waals surface area contributed by atoms with Crippen LogP contribution in [0.1, 0.15) is 59.8 Å². The lowest BCUT2D eigenvalue weighted by molar-refractivity contribution is 0.138. The molecule has 0 radical (unpaired) electrons. The number of nitrogens with zero attached hydrogens (tertiary/aromatic N) is 1. The minimum atomic E-state index is 0.494. The van der Waals surface area contributed by atoms with Crippen LogP contribution in [0.25, 0.3) is 0 Å². The summed E-state index contributed by atoms with van der Waals surface area (Å²) in [5, 5.41) is 3.74. The van der Waals surface area contributed by atoms with Crippen molar-refractivity contribution < 1.29 is 0 Å². The Morgan fingerprint density at radius 2 is 1.76 bits per heavy atom. The van der Waals surface area contributed by atoms with Crippen molar-refractivity contribution in [3.8, 4) is 0 Å². The second kappa shape index (κ2) is 7.38. The van der Waals surface area contributed by atoms with Crippen molar-refractivity contribution in [1.82, 2.24) is 10.2 Å². The van der Waals surface area contributed by atoms with E-state index < -0.39 is 0 Å². The van der Waals surface area contributed by atoms with E-state index in [1.807, 2.05) is 0 Å². The van der Waals surface area contributed by atoms with Gasteiger partial charge in [0.05, 0.1) is 0 Å². The first-order valence-electron chi connectivity index (χ1n) is 7.65. The molecule has 0 spiro atoms. The first-order chi connectivity index (χ1) is 8.19. The molecule has 2 heteroatoms. The maximum atomic E-state index is 3.74. The molecule has 0 amide bonds. The molecule has 1 aliphatic carbocycles. The molecule has 1 rings (SSSR count). The number of hydrogen-bond donors (Lipinski definition) is 1. The van der Waals surface area contributed by atoms with Gasteiger partial charge in [-0.3, -0.25) is 0 Å². The summed E-state index contributed by atoms with van der Waals surface area (Å²) in [6, 6.07) is 0.841. The highest BCUT2D eigenvalue weighted by Crippen LogP contribution is 2.29. The van der Waals surface area contributed by atoms with Gasteiger partial charge in [-0.2, -0.15) is 0 Å². The normalized spacial score (nSPS) is 16.8. The minimum Gasteiger partial charge on any atom is -0.313 e. The summed E-state index contributed by atoms with van der Waals surface area (Å²) in [6.07, 6.45) is 6.66. The van der Waals surface area contributed by atoms with E-state index in [9.17, 15) is 0 Å². The number of rotatable bonds is 10. The van der Waals surface area contributed by atoms with Gasteiger partial charge in [0, 0.05) is 19.1 Å². The van der Waals surface area contributed by atoms with Gasteiger partial charge in [-0.1, -0.05) is 27.7 Å². The highest BCUT2D eigenvalue weighted by molar-refractivity contribution is 4.88. The fourth-order valence-corrected chi connectivity index (χ4v) is 2.57. The summed E-state index contributed by atoms with van der Waals surface area (Å²) < 4.78 is 0. The molecule has 0 aliphatic heterocycles. The van der Waals surface area contributed by atoms with Crippen molar-refractivity contribution in [2.24, 2.45) is 5.41 Å². The van der Waals surface area contributed by atoms with E-state index in [1.54, 1.807) is 0 Å². The van der Waals surface area contributed by atoms with Gasteiger partial charge in [0.15, 0.2) is 0 Å². The fraction of sp³-hybridized carbons (Fsp3) is 1.00. The molecule has 2 nitrogen and oxygen atoms in total. The van der Waals surface area contributed by atoms with Crippen molar-refractivity contribution in [3.05, 3.63) is 0 Å². The van der Waals surface area contributed by atoms with Crippen LogP contribution < -0.4 is 5.32 Å². The summed E-state index contributed by atoms with van der Waals surface area (Å²) in [7, 11) is 0. The third kappa shape index (κ3) is 4.97. The zero-order valence-corrected chi connectivity index (χ0v) is 12.4. The van der Waals surface area contributed by atoms with E-state index in [4.69, 9.17) is 0 Å². The van der Waals surface area contributed by atoms with E-state index in [0.717, 1.165) is 6.04 Å². The van der Waals surface area contributed by atoms with Crippen LogP contribution >= 0.6 is 0 Å². The molecule has 0 heterocycles. The second-order valence-corrected chi connectivity index (χ2v) is 5.73. The van der Waals surface area contributed by atoms with E-state index >= 15 is 0 Å². The maximum absolute atomic E-state index is 3.74. The van der Waals surface area contributed by atoms with Crippen LogP contribution in [0, 0.1) is 5.41 Å². The molecule has 0 saturated heterocycles. The summed E-state index contributed by atoms with van der Waals surface area (Å²) in [5.41, 5.74) is 0.494. The Morgan fingerprint density at radius 3 is 2.18 bits per heavy atom. The summed E-state index contributed by atoms with van der Waals surface area (Å²) in [6.45, 7) is 14.2. The standard InChI is InChI=1S/C15H32N2/c1-5-11-17(8-4)13-15(6-2,7-3)12-16-14-9-10-14/h14,16H,5-13H2,1-4H3. The molecule has 1 fully saturated rings. The molecule has 0 aromatic rings. The average molecular weight is 240 g/mol. The monoisotopic (exact) mass is 240 g/mol. The summed E-state index contributed by atoms with van der Waals surface area (Å²) in [5.74, 6) is 0. The SMILES string of the molecule is CCCN(CC)CC(CC)(CC)CNC1CC1. The molecule has 0 unspecified atom stereocenters. The van der Waals surface area contributed by atoms with Gasteiger partial charge in [-0.25, -0.2) is 0 Å². The van der Waals surface area contributed by atoms with Crippen LogP contribution in [0.4, 0.5) is 0 Å². The first kappa shape index (κ1) is 15.0. The van der Waals surface area contributed by atoms with Gasteiger partial charge in [0.2, 0.25) is 0 Å². The molecule has 1 saturated carbocycles. The molecule has 0 aromatic heterocycles. The molecule has 17 heavy (non-hydrogen) atoms. The third-order valence-electron chi connectivity index (χ3n) is 4.39. The maximum Gasteiger partial charge on any atom is 0.00684 e. The minimum absolute atomic E-state index is 0.494. The zero-order valence-electron chi connectivity index (χ0n) is 12.4. The molecule has 1 N–H and O–H groups in total. The number of hydrogen-bond acceptors (Lipinski definition) is 2. The lowest BCUT2D eigenvalue weighted by Gasteiger charge is -2.37. The molecular formula is C15H32N2. The van der Waals surface area contributed by atoms with Crippen LogP contribution in [0.5, 0.6) is 0 Å². The fourth-order valence-electron chi connectivity index (χ4n) is 2.57. The highest BCUT2D eigenvalue weighted by Gasteiger charge is 2.31. The van der Waals surface area contributed by atoms with E-state index in [0.29, 0.717) is 5.41 Å². The van der Waals surface area contributed by atoms with Crippen molar-refractivity contribution in [3.63, 3.8) is 0 Å². The van der Waals surface area contributed by atoms with Gasteiger partial charge < -0.3 is 10.2 Å². The Hall–Kier alpha value is -0.0800. The largest absolute Gasteiger partial charge is 0.313 e. The first-order valence-corrected chi connectivity index (χ1v) is 7.65. The topological polar surface area (TPSA) is 15.3 Å². The molecule has 1 aliphatic rings. The lowest BCUT2D eigenvalue weighted by Crippen LogP contribution is -2.44. The van der Waals surface area contributed by atoms with E-state index in [-0.39, 0.29) is 0 Å². The predicted molar refractivity (Wildman–Crippen MR) is 76.4 cm³/mol. The van der Waals surface area contributed by atoms with Crippen molar-refractivity contribution in [1.29, 1.82) is 0 Å². The number of nitrogens with one attached hydrogen (secondary N) is 1. The molecule has 0 atom stereocenters. The van der Waals surface area contributed by atoms with Gasteiger partial charge in [-0.15, -0.1) is 0 Å². The molecule has 0 aromatic carbocycles. The van der Waals surface area contributed by atoms with Crippen LogP contribution in [-0.2, 0) is 0 Å². The molecule has 0 bridgehead atoms. The Morgan fingerprint density at radius 1 is 1.12 bits per heavy atom. The molecule has 102 valence electrons. The quantitative estimate of drug-likeness (QED) is 0.630. The summed E-state index contributed by atoms with van der Waals surface area (Å²) >= 11 is 0. The van der Waals surface area contributed by atoms with Crippen LogP contribution in [0.2, 0.25) is 0 Å². The smallest absolute Gasteiger partial charge is 0.00684 e. The zero-order chi connectivity index (χ0) is 12.7. The second-order valence-electron chi connectivity index (χ2n) is 5.73. The van der Waals surface area contributed by atoms with Gasteiger partial charge in [0.25, 0.3) is 0 Å². The van der Waals surface area contributed by atoms with Crippen LogP contribution in [0.15, 0.2) is 0 Å². The Labute approximate surface area is 108 Å². The van der Waals surface area contributed by atoms with Crippen molar-refractivity contribution in [2.45, 2.75) is 65.8 Å². The Bertz CT molecular complexity index is 195. The average Bonchev–Trinajstić information content (AvgIpc) is 3.17. The van der Waals surface area contributed by atoms with Gasteiger partial charge >= 0.3 is 0 Å². The van der Waals surface area contributed by atoms with Crippen LogP contribution in [-0.4, -0.2) is 37.1 Å². The third-order valence-corrected chi connectivity index (χ3v) is 4.39. The van der Waals surface area contributed by atoms with E-state index in [2.05, 4.69) is 37.9 Å². The van der Waals surface area contributed by atoms with E-state index in [1.165, 1.54) is 58.3 Å². The van der Waals surface area contributed by atoms with Crippen molar-refractivity contribution in [2.75, 3.05) is 26.2 Å². The van der Waals surface area contributed by atoms with Crippen LogP contribution in [0.3, 0.4) is 0 Å². The Kier molecular flexibility index (Phi) is 6.50. The Balaban J connectivity index is 2.47. The van der Waals surface area contributed by atoms with Gasteiger partial charge in [0.1, 0.15) is 0 Å². The molecular weight excluding hydrogens is 208 g/mol.